The lowest BCUT2D eigenvalue weighted by molar-refractivity contribution is 0.0332. The van der Waals surface area contributed by atoms with E-state index in [1.807, 2.05) is 36.0 Å². The van der Waals surface area contributed by atoms with E-state index >= 15 is 0 Å². The zero-order valence-electron chi connectivity index (χ0n) is 12.7. The van der Waals surface area contributed by atoms with Crippen LogP contribution < -0.4 is 11.3 Å². The standard InChI is InChI=1S/C16H24N4O/c1-3-20-12-13(11-18-20)10-15(19-17)16(21-4-2)14-8-6-5-7-9-14/h5-9,11-12,15-16,19H,3-4,10,17H2,1-2H3. The van der Waals surface area contributed by atoms with E-state index in [1.165, 1.54) is 0 Å². The Bertz CT molecular complexity index is 526. The molecule has 114 valence electrons. The van der Waals surface area contributed by atoms with Gasteiger partial charge >= 0.3 is 0 Å². The summed E-state index contributed by atoms with van der Waals surface area (Å²) >= 11 is 0. The minimum Gasteiger partial charge on any atom is -0.372 e. The number of nitrogens with one attached hydrogen (secondary N) is 1. The number of nitrogens with two attached hydrogens (primary N) is 1. The van der Waals surface area contributed by atoms with Crippen LogP contribution in [0.2, 0.25) is 0 Å². The molecular weight excluding hydrogens is 264 g/mol. The van der Waals surface area contributed by atoms with E-state index in [4.69, 9.17) is 10.6 Å². The molecule has 2 aromatic rings. The van der Waals surface area contributed by atoms with Gasteiger partial charge in [-0.05, 0) is 31.4 Å². The summed E-state index contributed by atoms with van der Waals surface area (Å²) in [5.41, 5.74) is 5.18. The molecule has 3 N–H and O–H groups in total. The van der Waals surface area contributed by atoms with Crippen LogP contribution in [0.1, 0.15) is 31.1 Å². The van der Waals surface area contributed by atoms with E-state index < -0.39 is 0 Å². The summed E-state index contributed by atoms with van der Waals surface area (Å²) in [6.07, 6.45) is 4.64. The number of benzene rings is 1. The molecular formula is C16H24N4O. The Morgan fingerprint density at radius 3 is 2.62 bits per heavy atom. The van der Waals surface area contributed by atoms with Crippen LogP contribution in [-0.4, -0.2) is 22.4 Å². The van der Waals surface area contributed by atoms with Crippen molar-refractivity contribution in [3.8, 4) is 0 Å². The third-order valence-corrected chi connectivity index (χ3v) is 3.52. The van der Waals surface area contributed by atoms with Crippen molar-refractivity contribution in [1.29, 1.82) is 0 Å². The van der Waals surface area contributed by atoms with Crippen LogP contribution >= 0.6 is 0 Å². The molecule has 0 aliphatic carbocycles. The quantitative estimate of drug-likeness (QED) is 0.576. The van der Waals surface area contributed by atoms with Crippen LogP contribution in [0.15, 0.2) is 42.7 Å². The second-order valence-corrected chi connectivity index (χ2v) is 4.97. The first-order chi connectivity index (χ1) is 10.3. The van der Waals surface area contributed by atoms with Crippen molar-refractivity contribution in [3.63, 3.8) is 0 Å². The Hall–Kier alpha value is -1.69. The van der Waals surface area contributed by atoms with Gasteiger partial charge in [0.1, 0.15) is 0 Å². The van der Waals surface area contributed by atoms with E-state index in [-0.39, 0.29) is 12.1 Å². The molecule has 0 spiro atoms. The van der Waals surface area contributed by atoms with Crippen molar-refractivity contribution < 1.29 is 4.74 Å². The average molecular weight is 288 g/mol. The fraction of sp³-hybridized carbons (Fsp3) is 0.438. The van der Waals surface area contributed by atoms with Gasteiger partial charge in [-0.25, -0.2) is 0 Å². The maximum atomic E-state index is 5.92. The normalized spacial score (nSPS) is 14.0. The molecule has 0 radical (unpaired) electrons. The average Bonchev–Trinajstić information content (AvgIpc) is 2.99. The molecule has 5 heteroatoms. The molecule has 21 heavy (non-hydrogen) atoms. The maximum absolute atomic E-state index is 5.92. The van der Waals surface area contributed by atoms with Crippen LogP contribution in [0.3, 0.4) is 0 Å². The first-order valence-electron chi connectivity index (χ1n) is 7.42. The Morgan fingerprint density at radius 1 is 1.29 bits per heavy atom. The Labute approximate surface area is 126 Å². The number of hydrazine groups is 1. The number of hydrogen-bond donors (Lipinski definition) is 2. The molecule has 1 aromatic carbocycles. The summed E-state index contributed by atoms with van der Waals surface area (Å²) in [7, 11) is 0. The van der Waals surface area contributed by atoms with E-state index in [2.05, 4.69) is 35.8 Å². The molecule has 0 aliphatic heterocycles. The Kier molecular flexibility index (Phi) is 5.92. The summed E-state index contributed by atoms with van der Waals surface area (Å²) in [6, 6.07) is 10.2. The van der Waals surface area contributed by atoms with Crippen LogP contribution in [-0.2, 0) is 17.7 Å². The smallest absolute Gasteiger partial charge is 0.0994 e. The van der Waals surface area contributed by atoms with Crippen molar-refractivity contribution in [2.75, 3.05) is 6.61 Å². The van der Waals surface area contributed by atoms with E-state index in [1.54, 1.807) is 0 Å². The first-order valence-corrected chi connectivity index (χ1v) is 7.42. The molecule has 2 rings (SSSR count). The topological polar surface area (TPSA) is 65.1 Å². The molecule has 0 bridgehead atoms. The first kappa shape index (κ1) is 15.7. The molecule has 0 saturated heterocycles. The summed E-state index contributed by atoms with van der Waals surface area (Å²) in [5, 5.41) is 4.31. The summed E-state index contributed by atoms with van der Waals surface area (Å²) in [5.74, 6) is 5.77. The van der Waals surface area contributed by atoms with Crippen LogP contribution in [0.5, 0.6) is 0 Å². The summed E-state index contributed by atoms with van der Waals surface area (Å²) in [6.45, 7) is 5.58. The van der Waals surface area contributed by atoms with Crippen molar-refractivity contribution in [3.05, 3.63) is 53.9 Å². The molecule has 0 aliphatic rings. The van der Waals surface area contributed by atoms with Crippen molar-refractivity contribution in [2.45, 2.75) is 39.0 Å². The number of nitrogens with zero attached hydrogens (tertiary/aromatic N) is 2. The molecule has 1 aromatic heterocycles. The van der Waals surface area contributed by atoms with Crippen LogP contribution in [0.25, 0.3) is 0 Å². The van der Waals surface area contributed by atoms with Gasteiger partial charge in [-0.1, -0.05) is 30.3 Å². The van der Waals surface area contributed by atoms with Gasteiger partial charge in [-0.2, -0.15) is 5.10 Å². The zero-order valence-corrected chi connectivity index (χ0v) is 12.7. The monoisotopic (exact) mass is 288 g/mol. The lowest BCUT2D eigenvalue weighted by Crippen LogP contribution is -2.42. The number of hydrogen-bond acceptors (Lipinski definition) is 4. The lowest BCUT2D eigenvalue weighted by atomic mass is 9.97. The van der Waals surface area contributed by atoms with Crippen molar-refractivity contribution >= 4 is 0 Å². The van der Waals surface area contributed by atoms with E-state index in [9.17, 15) is 0 Å². The highest BCUT2D eigenvalue weighted by molar-refractivity contribution is 5.20. The lowest BCUT2D eigenvalue weighted by Gasteiger charge is -2.26. The minimum atomic E-state index is -0.0776. The second-order valence-electron chi connectivity index (χ2n) is 4.97. The van der Waals surface area contributed by atoms with Gasteiger partial charge in [0.05, 0.1) is 18.3 Å². The maximum Gasteiger partial charge on any atom is 0.0994 e. The number of ether oxygens (including phenoxy) is 1. The highest BCUT2D eigenvalue weighted by Gasteiger charge is 2.23. The third-order valence-electron chi connectivity index (χ3n) is 3.52. The number of aryl methyl sites for hydroxylation is 1. The van der Waals surface area contributed by atoms with Gasteiger partial charge < -0.3 is 4.74 Å². The van der Waals surface area contributed by atoms with Gasteiger partial charge in [0.15, 0.2) is 0 Å². The minimum absolute atomic E-state index is 0.00172. The molecule has 0 saturated carbocycles. The Morgan fingerprint density at radius 2 is 2.05 bits per heavy atom. The van der Waals surface area contributed by atoms with Crippen LogP contribution in [0.4, 0.5) is 0 Å². The molecule has 1 heterocycles. The highest BCUT2D eigenvalue weighted by Crippen LogP contribution is 2.23. The predicted molar refractivity (Wildman–Crippen MR) is 83.5 cm³/mol. The predicted octanol–water partition coefficient (Wildman–Crippen LogP) is 2.06. The largest absolute Gasteiger partial charge is 0.372 e. The molecule has 0 fully saturated rings. The zero-order chi connectivity index (χ0) is 15.1. The Balaban J connectivity index is 2.15. The fourth-order valence-electron chi connectivity index (χ4n) is 2.46. The summed E-state index contributed by atoms with van der Waals surface area (Å²) < 4.78 is 7.83. The second kappa shape index (κ2) is 7.93. The molecule has 5 nitrogen and oxygen atoms in total. The molecule has 0 amide bonds. The van der Waals surface area contributed by atoms with E-state index in [0.717, 1.165) is 24.1 Å². The van der Waals surface area contributed by atoms with Crippen LogP contribution in [0, 0.1) is 0 Å². The molecule has 2 unspecified atom stereocenters. The van der Waals surface area contributed by atoms with Crippen molar-refractivity contribution in [2.24, 2.45) is 5.84 Å². The van der Waals surface area contributed by atoms with Gasteiger partial charge in [0, 0.05) is 19.3 Å². The SMILES string of the molecule is CCOC(c1ccccc1)C(Cc1cnn(CC)c1)NN. The molecule has 2 atom stereocenters. The number of rotatable bonds is 8. The highest BCUT2D eigenvalue weighted by atomic mass is 16.5. The number of aromatic nitrogens is 2. The van der Waals surface area contributed by atoms with Gasteiger partial charge in [0.25, 0.3) is 0 Å². The fourth-order valence-corrected chi connectivity index (χ4v) is 2.46. The summed E-state index contributed by atoms with van der Waals surface area (Å²) in [4.78, 5) is 0. The van der Waals surface area contributed by atoms with Gasteiger partial charge in [0.2, 0.25) is 0 Å². The van der Waals surface area contributed by atoms with Gasteiger partial charge in [-0.3, -0.25) is 16.0 Å². The van der Waals surface area contributed by atoms with E-state index in [0.29, 0.717) is 6.61 Å². The third kappa shape index (κ3) is 4.14. The van der Waals surface area contributed by atoms with Crippen molar-refractivity contribution in [1.82, 2.24) is 15.2 Å². The van der Waals surface area contributed by atoms with Gasteiger partial charge in [-0.15, -0.1) is 0 Å².